The molecule has 0 radical (unpaired) electrons. The zero-order chi connectivity index (χ0) is 13.7. The number of rotatable bonds is 4. The van der Waals surface area contributed by atoms with E-state index in [4.69, 9.17) is 4.74 Å². The molecule has 0 spiro atoms. The van der Waals surface area contributed by atoms with Crippen molar-refractivity contribution in [3.63, 3.8) is 0 Å². The average molecular weight is 326 g/mol. The van der Waals surface area contributed by atoms with Crippen LogP contribution in [0.4, 0.5) is 4.79 Å². The summed E-state index contributed by atoms with van der Waals surface area (Å²) in [5.41, 5.74) is 0. The molecule has 2 heterocycles. The van der Waals surface area contributed by atoms with Gasteiger partial charge in [-0.05, 0) is 22.0 Å². The van der Waals surface area contributed by atoms with Crippen molar-refractivity contribution in [1.82, 2.24) is 15.2 Å². The average Bonchev–Trinajstić information content (AvgIpc) is 2.87. The molecule has 5 nitrogen and oxygen atoms in total. The van der Waals surface area contributed by atoms with Gasteiger partial charge in [0, 0.05) is 36.2 Å². The first-order valence-corrected chi connectivity index (χ1v) is 6.90. The Morgan fingerprint density at radius 3 is 3.21 bits per heavy atom. The molecule has 1 unspecified atom stereocenters. The van der Waals surface area contributed by atoms with E-state index in [1.807, 2.05) is 12.1 Å². The second-order valence-corrected chi connectivity index (χ2v) is 5.18. The van der Waals surface area contributed by atoms with Crippen LogP contribution in [0.3, 0.4) is 0 Å². The number of amides is 2. The highest BCUT2D eigenvalue weighted by Gasteiger charge is 2.27. The van der Waals surface area contributed by atoms with Crippen LogP contribution in [-0.4, -0.2) is 41.7 Å². The Kier molecular flexibility index (Phi) is 4.79. The van der Waals surface area contributed by atoms with E-state index in [1.54, 1.807) is 17.2 Å². The van der Waals surface area contributed by atoms with Crippen molar-refractivity contribution in [2.75, 3.05) is 19.6 Å². The summed E-state index contributed by atoms with van der Waals surface area (Å²) in [7, 11) is 0. The normalized spacial score (nSPS) is 18.2. The molecule has 2 amide bonds. The number of nitrogens with one attached hydrogen (secondary N) is 1. The first kappa shape index (κ1) is 13.9. The first-order chi connectivity index (χ1) is 9.19. The van der Waals surface area contributed by atoms with E-state index in [9.17, 15) is 4.79 Å². The van der Waals surface area contributed by atoms with Crippen molar-refractivity contribution in [2.24, 2.45) is 0 Å². The van der Waals surface area contributed by atoms with Crippen LogP contribution in [-0.2, 0) is 0 Å². The molecule has 19 heavy (non-hydrogen) atoms. The molecule has 102 valence electrons. The minimum atomic E-state index is -0.0743. The summed E-state index contributed by atoms with van der Waals surface area (Å²) in [5.74, 6) is 0.585. The Labute approximate surface area is 120 Å². The molecule has 1 fully saturated rings. The molecule has 0 bridgehead atoms. The number of carbonyl (C=O) groups excluding carboxylic acids is 1. The minimum Gasteiger partial charge on any atom is -0.472 e. The molecule has 1 aliphatic rings. The molecule has 1 aromatic heterocycles. The molecule has 2 rings (SSSR count). The number of halogens is 1. The third kappa shape index (κ3) is 3.96. The summed E-state index contributed by atoms with van der Waals surface area (Å²) in [6.07, 6.45) is 4.18. The van der Waals surface area contributed by atoms with E-state index in [0.29, 0.717) is 25.5 Å². The van der Waals surface area contributed by atoms with Crippen molar-refractivity contribution in [3.8, 4) is 5.88 Å². The Balaban J connectivity index is 1.83. The van der Waals surface area contributed by atoms with E-state index >= 15 is 0 Å². The smallest absolute Gasteiger partial charge is 0.317 e. The highest BCUT2D eigenvalue weighted by Crippen LogP contribution is 2.18. The van der Waals surface area contributed by atoms with Gasteiger partial charge in [-0.3, -0.25) is 0 Å². The fraction of sp³-hybridized carbons (Fsp3) is 0.385. The van der Waals surface area contributed by atoms with Gasteiger partial charge in [0.15, 0.2) is 0 Å². The quantitative estimate of drug-likeness (QED) is 0.863. The molecule has 1 aliphatic heterocycles. The number of nitrogens with zero attached hydrogens (tertiary/aromatic N) is 2. The highest BCUT2D eigenvalue weighted by molar-refractivity contribution is 9.10. The maximum Gasteiger partial charge on any atom is 0.317 e. The molecule has 1 atom stereocenters. The van der Waals surface area contributed by atoms with E-state index in [2.05, 4.69) is 32.8 Å². The minimum absolute atomic E-state index is 0.00292. The highest BCUT2D eigenvalue weighted by atomic mass is 79.9. The van der Waals surface area contributed by atoms with E-state index < -0.39 is 0 Å². The predicted octanol–water partition coefficient (Wildman–Crippen LogP) is 2.19. The van der Waals surface area contributed by atoms with Gasteiger partial charge in [-0.25, -0.2) is 9.78 Å². The van der Waals surface area contributed by atoms with Crippen molar-refractivity contribution in [2.45, 2.75) is 12.5 Å². The van der Waals surface area contributed by atoms with Crippen LogP contribution in [0.2, 0.25) is 0 Å². The number of carbonyl (C=O) groups is 1. The Morgan fingerprint density at radius 2 is 2.53 bits per heavy atom. The number of hydrogen-bond donors (Lipinski definition) is 1. The summed E-state index contributed by atoms with van der Waals surface area (Å²) in [5, 5.41) is 2.76. The van der Waals surface area contributed by atoms with Gasteiger partial charge in [0.1, 0.15) is 6.10 Å². The van der Waals surface area contributed by atoms with Crippen LogP contribution < -0.4 is 10.1 Å². The third-order valence-corrected chi connectivity index (χ3v) is 3.29. The van der Waals surface area contributed by atoms with Crippen LogP contribution in [0.15, 0.2) is 35.5 Å². The Hall–Kier alpha value is -1.56. The summed E-state index contributed by atoms with van der Waals surface area (Å²) >= 11 is 3.32. The molecule has 0 aromatic carbocycles. The van der Waals surface area contributed by atoms with Gasteiger partial charge in [0.05, 0.1) is 6.54 Å². The van der Waals surface area contributed by atoms with Crippen LogP contribution in [0.1, 0.15) is 6.42 Å². The van der Waals surface area contributed by atoms with Gasteiger partial charge in [-0.1, -0.05) is 6.08 Å². The number of likely N-dealkylation sites (tertiary alicyclic amines) is 1. The molecular formula is C13H16BrN3O2. The lowest BCUT2D eigenvalue weighted by Gasteiger charge is -2.17. The largest absolute Gasteiger partial charge is 0.472 e. The van der Waals surface area contributed by atoms with Gasteiger partial charge in [0.25, 0.3) is 0 Å². The van der Waals surface area contributed by atoms with Crippen molar-refractivity contribution in [1.29, 1.82) is 0 Å². The third-order valence-electron chi connectivity index (χ3n) is 2.82. The second-order valence-electron chi connectivity index (χ2n) is 4.26. The zero-order valence-corrected chi connectivity index (χ0v) is 12.1. The Bertz CT molecular complexity index is 450. The van der Waals surface area contributed by atoms with Gasteiger partial charge < -0.3 is 15.0 Å². The topological polar surface area (TPSA) is 54.5 Å². The fourth-order valence-corrected chi connectivity index (χ4v) is 2.12. The van der Waals surface area contributed by atoms with Crippen LogP contribution in [0.25, 0.3) is 0 Å². The van der Waals surface area contributed by atoms with Crippen molar-refractivity contribution >= 4 is 22.0 Å². The number of urea groups is 1. The maximum absolute atomic E-state index is 11.7. The van der Waals surface area contributed by atoms with Crippen molar-refractivity contribution < 1.29 is 9.53 Å². The molecule has 0 aliphatic carbocycles. The first-order valence-electron chi connectivity index (χ1n) is 6.11. The van der Waals surface area contributed by atoms with Crippen LogP contribution in [0.5, 0.6) is 5.88 Å². The molecule has 0 saturated carbocycles. The maximum atomic E-state index is 11.7. The summed E-state index contributed by atoms with van der Waals surface area (Å²) in [6, 6.07) is 3.62. The fourth-order valence-electron chi connectivity index (χ4n) is 1.88. The van der Waals surface area contributed by atoms with Crippen molar-refractivity contribution in [3.05, 3.63) is 35.5 Å². The van der Waals surface area contributed by atoms with Crippen LogP contribution in [0, 0.1) is 0 Å². The number of hydrogen-bond acceptors (Lipinski definition) is 3. The second kappa shape index (κ2) is 6.56. The van der Waals surface area contributed by atoms with Crippen LogP contribution >= 0.6 is 15.9 Å². The summed E-state index contributed by atoms with van der Waals surface area (Å²) in [4.78, 5) is 17.6. The summed E-state index contributed by atoms with van der Waals surface area (Å²) in [6.45, 7) is 5.33. The van der Waals surface area contributed by atoms with Gasteiger partial charge in [0.2, 0.25) is 5.88 Å². The molecule has 1 aromatic rings. The predicted molar refractivity (Wildman–Crippen MR) is 76.1 cm³/mol. The standard InChI is InChI=1S/C13H16BrN3O2/c1-2-6-15-13(18)17-7-5-11(9-17)19-12-4-3-10(14)8-16-12/h2-4,8,11H,1,5-7,9H2,(H,15,18). The lowest BCUT2D eigenvalue weighted by Crippen LogP contribution is -2.39. The SMILES string of the molecule is C=CCNC(=O)N1CCC(Oc2ccc(Br)cn2)C1. The van der Waals surface area contributed by atoms with E-state index in [-0.39, 0.29) is 12.1 Å². The Morgan fingerprint density at radius 1 is 1.68 bits per heavy atom. The lowest BCUT2D eigenvalue weighted by molar-refractivity contribution is 0.184. The molecule has 1 N–H and O–H groups in total. The molecule has 1 saturated heterocycles. The number of ether oxygens (including phenoxy) is 1. The number of pyridine rings is 1. The van der Waals surface area contributed by atoms with Gasteiger partial charge in [-0.15, -0.1) is 6.58 Å². The van der Waals surface area contributed by atoms with E-state index in [1.165, 1.54) is 0 Å². The van der Waals surface area contributed by atoms with Gasteiger partial charge >= 0.3 is 6.03 Å². The zero-order valence-electron chi connectivity index (χ0n) is 10.5. The monoisotopic (exact) mass is 325 g/mol. The number of aromatic nitrogens is 1. The van der Waals surface area contributed by atoms with Gasteiger partial charge in [-0.2, -0.15) is 0 Å². The van der Waals surface area contributed by atoms with E-state index in [0.717, 1.165) is 10.9 Å². The summed E-state index contributed by atoms with van der Waals surface area (Å²) < 4.78 is 6.66. The molecule has 6 heteroatoms. The lowest BCUT2D eigenvalue weighted by atomic mass is 10.3. The molecular weight excluding hydrogens is 310 g/mol.